The number of hydrogen-bond acceptors (Lipinski definition) is 3. The Hall–Kier alpha value is -0.990. The van der Waals surface area contributed by atoms with E-state index in [4.69, 9.17) is 4.74 Å². The number of ether oxygens (including phenoxy) is 1. The van der Waals surface area contributed by atoms with Gasteiger partial charge in [0.25, 0.3) is 5.60 Å². The molecule has 0 aromatic rings. The zero-order chi connectivity index (χ0) is 24.1. The minimum absolute atomic E-state index is 0.0199. The Balaban J connectivity index is 1.52. The Morgan fingerprint density at radius 2 is 1.33 bits per heavy atom. The van der Waals surface area contributed by atoms with E-state index in [2.05, 4.69) is 6.92 Å². The number of carbonyl (C=O) groups excluding carboxylic acids is 1. The molecule has 33 heavy (non-hydrogen) atoms. The first kappa shape index (κ1) is 23.7. The molecule has 0 aliphatic heterocycles. The van der Waals surface area contributed by atoms with Crippen molar-refractivity contribution in [3.8, 4) is 0 Å². The van der Waals surface area contributed by atoms with E-state index in [9.17, 15) is 36.2 Å². The highest BCUT2D eigenvalue weighted by Crippen LogP contribution is 2.66. The Morgan fingerprint density at radius 3 is 1.73 bits per heavy atom. The van der Waals surface area contributed by atoms with Crippen LogP contribution >= 0.6 is 0 Å². The van der Waals surface area contributed by atoms with E-state index in [1.54, 1.807) is 0 Å². The second-order valence-electron chi connectivity index (χ2n) is 12.1. The van der Waals surface area contributed by atoms with Gasteiger partial charge in [0.15, 0.2) is 6.10 Å². The zero-order valence-electron chi connectivity index (χ0n) is 18.9. The molecule has 0 spiro atoms. The quantitative estimate of drug-likeness (QED) is 0.401. The molecular formula is C24H32F6O3. The monoisotopic (exact) mass is 482 g/mol. The summed E-state index contributed by atoms with van der Waals surface area (Å²) in [5, 5.41) is 10.5. The van der Waals surface area contributed by atoms with E-state index in [0.717, 1.165) is 25.7 Å². The zero-order valence-corrected chi connectivity index (χ0v) is 18.9. The lowest BCUT2D eigenvalue weighted by Gasteiger charge is -2.60. The molecule has 6 saturated carbocycles. The molecular weight excluding hydrogens is 450 g/mol. The molecule has 6 aliphatic carbocycles. The summed E-state index contributed by atoms with van der Waals surface area (Å²) >= 11 is 0. The van der Waals surface area contributed by atoms with Crippen LogP contribution in [0, 0.1) is 52.8 Å². The van der Waals surface area contributed by atoms with Gasteiger partial charge in [0.05, 0.1) is 5.92 Å². The molecule has 0 saturated heterocycles. The largest absolute Gasteiger partial charge is 0.458 e. The Morgan fingerprint density at radius 1 is 0.848 bits per heavy atom. The van der Waals surface area contributed by atoms with Crippen molar-refractivity contribution >= 4 is 5.97 Å². The highest BCUT2D eigenvalue weighted by atomic mass is 19.4. The van der Waals surface area contributed by atoms with Gasteiger partial charge in [0.2, 0.25) is 0 Å². The van der Waals surface area contributed by atoms with Gasteiger partial charge in [-0.2, -0.15) is 26.3 Å². The fraction of sp³-hybridized carbons (Fsp3) is 0.958. The summed E-state index contributed by atoms with van der Waals surface area (Å²) in [7, 11) is 0. The van der Waals surface area contributed by atoms with Crippen LogP contribution in [-0.4, -0.2) is 35.1 Å². The Labute approximate surface area is 189 Å². The Bertz CT molecular complexity index is 754. The van der Waals surface area contributed by atoms with Gasteiger partial charge in [-0.15, -0.1) is 0 Å². The van der Waals surface area contributed by atoms with Crippen LogP contribution in [0.5, 0.6) is 0 Å². The van der Waals surface area contributed by atoms with Crippen molar-refractivity contribution in [1.82, 2.24) is 0 Å². The maximum atomic E-state index is 14.1. The van der Waals surface area contributed by atoms with Crippen LogP contribution in [0.15, 0.2) is 0 Å². The van der Waals surface area contributed by atoms with Gasteiger partial charge >= 0.3 is 18.3 Å². The number of rotatable bonds is 4. The van der Waals surface area contributed by atoms with E-state index in [1.165, 1.54) is 0 Å². The minimum Gasteiger partial charge on any atom is -0.458 e. The minimum atomic E-state index is -6.02. The second-order valence-corrected chi connectivity index (χ2v) is 12.1. The van der Waals surface area contributed by atoms with Gasteiger partial charge in [-0.3, -0.25) is 4.79 Å². The molecule has 0 aromatic carbocycles. The summed E-state index contributed by atoms with van der Waals surface area (Å²) in [6.45, 7) is 4.05. The van der Waals surface area contributed by atoms with E-state index < -0.39 is 41.4 Å². The van der Waals surface area contributed by atoms with Gasteiger partial charge in [-0.1, -0.05) is 13.8 Å². The summed E-state index contributed by atoms with van der Waals surface area (Å²) < 4.78 is 89.7. The van der Waals surface area contributed by atoms with Gasteiger partial charge in [0.1, 0.15) is 0 Å². The standard InChI is InChI=1S/C24H32F6O3/c1-11-12(2)17-6-16(11)7-18(17)19(31)33-20(22(32,23(25,26)27)24(28,29)30)21-8-13-3-14(9-21)5-15(4-13)10-21/h11-18,20,32H,3-10H2,1-2H3. The third kappa shape index (κ3) is 3.37. The lowest BCUT2D eigenvalue weighted by atomic mass is 9.46. The molecule has 0 amide bonds. The number of fused-ring (bicyclic) bond motifs is 2. The van der Waals surface area contributed by atoms with Crippen LogP contribution in [0.2, 0.25) is 0 Å². The normalized spacial score (nSPS) is 45.5. The van der Waals surface area contributed by atoms with Crippen molar-refractivity contribution in [3.63, 3.8) is 0 Å². The molecule has 0 aromatic heterocycles. The van der Waals surface area contributed by atoms with E-state index in [-0.39, 0.29) is 54.8 Å². The Kier molecular flexibility index (Phi) is 5.22. The third-order valence-corrected chi connectivity index (χ3v) is 10.3. The van der Waals surface area contributed by atoms with Crippen molar-refractivity contribution in [2.24, 2.45) is 52.8 Å². The third-order valence-electron chi connectivity index (χ3n) is 10.3. The van der Waals surface area contributed by atoms with E-state index in [1.807, 2.05) is 6.92 Å². The lowest BCUT2D eigenvalue weighted by Crippen LogP contribution is -2.71. The fourth-order valence-corrected chi connectivity index (χ4v) is 9.03. The predicted molar refractivity (Wildman–Crippen MR) is 106 cm³/mol. The van der Waals surface area contributed by atoms with Crippen LogP contribution in [0.1, 0.15) is 65.2 Å². The predicted octanol–water partition coefficient (Wildman–Crippen LogP) is 5.90. The van der Waals surface area contributed by atoms with Crippen LogP contribution < -0.4 is 0 Å². The highest BCUT2D eigenvalue weighted by Gasteiger charge is 2.79. The van der Waals surface area contributed by atoms with Gasteiger partial charge < -0.3 is 9.84 Å². The summed E-state index contributed by atoms with van der Waals surface area (Å²) in [5.74, 6) is -0.991. The van der Waals surface area contributed by atoms with Crippen LogP contribution in [0.4, 0.5) is 26.3 Å². The second kappa shape index (κ2) is 7.26. The van der Waals surface area contributed by atoms with Gasteiger partial charge in [0, 0.05) is 5.41 Å². The van der Waals surface area contributed by atoms with Gasteiger partial charge in [-0.25, -0.2) is 0 Å². The number of halogens is 6. The summed E-state index contributed by atoms with van der Waals surface area (Å²) in [5.41, 5.74) is -6.58. The summed E-state index contributed by atoms with van der Waals surface area (Å²) in [6.07, 6.45) is -10.8. The molecule has 6 bridgehead atoms. The first-order valence-electron chi connectivity index (χ1n) is 12.2. The topological polar surface area (TPSA) is 46.5 Å². The first-order chi connectivity index (χ1) is 15.2. The van der Waals surface area contributed by atoms with E-state index >= 15 is 0 Å². The van der Waals surface area contributed by atoms with Crippen molar-refractivity contribution in [2.45, 2.75) is 89.3 Å². The molecule has 6 unspecified atom stereocenters. The molecule has 6 atom stereocenters. The van der Waals surface area contributed by atoms with Crippen molar-refractivity contribution in [1.29, 1.82) is 0 Å². The molecule has 6 aliphatic rings. The lowest BCUT2D eigenvalue weighted by molar-refractivity contribution is -0.406. The molecule has 3 nitrogen and oxygen atoms in total. The smallest absolute Gasteiger partial charge is 0.430 e. The fourth-order valence-electron chi connectivity index (χ4n) is 9.03. The maximum absolute atomic E-state index is 14.1. The highest BCUT2D eigenvalue weighted by molar-refractivity contribution is 5.74. The number of aliphatic hydroxyl groups is 1. The molecule has 1 N–H and O–H groups in total. The molecule has 0 radical (unpaired) electrons. The summed E-state index contributed by atoms with van der Waals surface area (Å²) in [4.78, 5) is 13.2. The molecule has 9 heteroatoms. The van der Waals surface area contributed by atoms with Gasteiger partial charge in [-0.05, 0) is 92.8 Å². The molecule has 6 fully saturated rings. The molecule has 6 rings (SSSR count). The average Bonchev–Trinajstić information content (AvgIpc) is 3.22. The number of hydrogen-bond donors (Lipinski definition) is 1. The van der Waals surface area contributed by atoms with Crippen LogP contribution in [0.3, 0.4) is 0 Å². The number of carbonyl (C=O) groups is 1. The number of esters is 1. The van der Waals surface area contributed by atoms with Crippen molar-refractivity contribution in [3.05, 3.63) is 0 Å². The van der Waals surface area contributed by atoms with Crippen molar-refractivity contribution < 1.29 is 41.0 Å². The SMILES string of the molecule is CC1C2CC(C(=O)OC(C34CC5CC(CC(C5)C3)C4)C(O)(C(F)(F)F)C(F)(F)F)C(C2)C1C. The number of alkyl halides is 6. The van der Waals surface area contributed by atoms with Crippen LogP contribution in [0.25, 0.3) is 0 Å². The molecule has 188 valence electrons. The van der Waals surface area contributed by atoms with E-state index in [0.29, 0.717) is 12.3 Å². The first-order valence-corrected chi connectivity index (χ1v) is 12.2. The average molecular weight is 483 g/mol. The van der Waals surface area contributed by atoms with Crippen molar-refractivity contribution in [2.75, 3.05) is 0 Å². The summed E-state index contributed by atoms with van der Waals surface area (Å²) in [6, 6.07) is 0. The van der Waals surface area contributed by atoms with Crippen LogP contribution in [-0.2, 0) is 9.53 Å². The molecule has 0 heterocycles. The maximum Gasteiger partial charge on any atom is 0.430 e.